The van der Waals surface area contributed by atoms with Crippen LogP contribution in [-0.4, -0.2) is 52.3 Å². The molecule has 0 aliphatic carbocycles. The number of thiazole rings is 1. The van der Waals surface area contributed by atoms with Gasteiger partial charge in [-0.2, -0.15) is 0 Å². The highest BCUT2D eigenvalue weighted by Crippen LogP contribution is 2.55. The Balaban J connectivity index is 1.39. The Kier molecular flexibility index (Phi) is 8.21. The van der Waals surface area contributed by atoms with Crippen LogP contribution in [0.5, 0.6) is 11.5 Å². The molecule has 45 heavy (non-hydrogen) atoms. The van der Waals surface area contributed by atoms with E-state index in [0.29, 0.717) is 32.6 Å². The smallest absolute Gasteiger partial charge is 0.338 e. The highest BCUT2D eigenvalue weighted by atomic mass is 32.2. The molecule has 3 atom stereocenters. The highest BCUT2D eigenvalue weighted by Gasteiger charge is 2.57. The molecule has 3 heterocycles. The molecule has 3 aromatic carbocycles. The van der Waals surface area contributed by atoms with Gasteiger partial charge in [0.15, 0.2) is 0 Å². The Morgan fingerprint density at radius 3 is 2.36 bits per heavy atom. The molecule has 2 N–H and O–H groups in total. The first kappa shape index (κ1) is 30.2. The fraction of sp³-hybridized carbons (Fsp3) is 0.219. The topological polar surface area (TPSA) is 144 Å². The van der Waals surface area contributed by atoms with Crippen LogP contribution in [0.2, 0.25) is 0 Å². The number of methoxy groups -OCH3 is 1. The number of amides is 3. The lowest BCUT2D eigenvalue weighted by Gasteiger charge is -2.31. The fourth-order valence-electron chi connectivity index (χ4n) is 5.62. The van der Waals surface area contributed by atoms with Crippen molar-refractivity contribution in [3.63, 3.8) is 0 Å². The normalized spacial score (nSPS) is 18.7. The Labute approximate surface area is 265 Å². The average Bonchev–Trinajstić information content (AvgIpc) is 3.48. The molecule has 11 nitrogen and oxygen atoms in total. The van der Waals surface area contributed by atoms with E-state index in [1.165, 1.54) is 60.2 Å². The van der Waals surface area contributed by atoms with Gasteiger partial charge in [-0.15, -0.1) is 0 Å². The lowest BCUT2D eigenvalue weighted by Crippen LogP contribution is -2.33. The summed E-state index contributed by atoms with van der Waals surface area (Å²) in [4.78, 5) is 68.0. The molecular weight excluding hydrogens is 618 g/mol. The molecule has 0 radical (unpaired) electrons. The van der Waals surface area contributed by atoms with Crippen molar-refractivity contribution in [2.45, 2.75) is 29.7 Å². The number of fused-ring (bicyclic) bond motifs is 2. The number of imide groups is 1. The van der Waals surface area contributed by atoms with Gasteiger partial charge in [0.05, 0.1) is 35.9 Å². The van der Waals surface area contributed by atoms with Crippen LogP contribution in [0.15, 0.2) is 82.6 Å². The summed E-state index contributed by atoms with van der Waals surface area (Å²) >= 11 is 2.03. The standard InChI is InChI=1S/C32H27N3O8S2/c1-3-43-31(40)17-8-12-19(13-9-17)35-28(38)25-24(21-6-4-5-7-22(21)42-2)27-30(44-26(25)29(35)39)34(32(41)45-27)16-23(37)33-18-10-14-20(36)15-11-18/h4-15,24-26,36H,3,16H2,1-2H3,(H,33,37)/t24-,25-,26+/m0/s1. The molecule has 0 unspecified atom stereocenters. The molecule has 1 saturated heterocycles. The van der Waals surface area contributed by atoms with Crippen molar-refractivity contribution in [3.05, 3.63) is 98.5 Å². The van der Waals surface area contributed by atoms with Gasteiger partial charge in [0.1, 0.15) is 23.3 Å². The average molecular weight is 646 g/mol. The number of hydrogen-bond donors (Lipinski definition) is 2. The maximum atomic E-state index is 14.2. The Morgan fingerprint density at radius 1 is 0.956 bits per heavy atom. The molecule has 0 bridgehead atoms. The van der Waals surface area contributed by atoms with Crippen LogP contribution in [-0.2, 0) is 25.7 Å². The van der Waals surface area contributed by atoms with Crippen molar-refractivity contribution in [1.29, 1.82) is 0 Å². The van der Waals surface area contributed by atoms with Crippen LogP contribution >= 0.6 is 23.1 Å². The third-order valence-electron chi connectivity index (χ3n) is 7.61. The van der Waals surface area contributed by atoms with E-state index in [9.17, 15) is 29.1 Å². The van der Waals surface area contributed by atoms with Crippen LogP contribution in [0, 0.1) is 5.92 Å². The maximum Gasteiger partial charge on any atom is 0.338 e. The molecular formula is C32H27N3O8S2. The van der Waals surface area contributed by atoms with Gasteiger partial charge in [-0.25, -0.2) is 9.69 Å². The maximum absolute atomic E-state index is 14.2. The minimum atomic E-state index is -0.898. The van der Waals surface area contributed by atoms with E-state index in [1.54, 1.807) is 31.2 Å². The molecule has 4 aromatic rings. The molecule has 13 heteroatoms. The van der Waals surface area contributed by atoms with Crippen molar-refractivity contribution >= 4 is 58.2 Å². The number of rotatable bonds is 8. The van der Waals surface area contributed by atoms with E-state index in [-0.39, 0.29) is 24.5 Å². The third kappa shape index (κ3) is 5.49. The molecule has 0 saturated carbocycles. The van der Waals surface area contributed by atoms with E-state index in [4.69, 9.17) is 9.47 Å². The second kappa shape index (κ2) is 12.3. The zero-order valence-electron chi connectivity index (χ0n) is 24.1. The number of aromatic hydroxyl groups is 1. The van der Waals surface area contributed by atoms with Gasteiger partial charge in [0, 0.05) is 22.0 Å². The Hall–Kier alpha value is -4.88. The number of phenolic OH excluding ortho intramolecular Hbond substituents is 1. The molecule has 0 spiro atoms. The number of hydrogen-bond acceptors (Lipinski definition) is 10. The number of phenols is 1. The van der Waals surface area contributed by atoms with E-state index in [0.717, 1.165) is 28.0 Å². The number of nitrogens with zero attached hydrogens (tertiary/aromatic N) is 2. The summed E-state index contributed by atoms with van der Waals surface area (Å²) in [7, 11) is 1.51. The van der Waals surface area contributed by atoms with E-state index < -0.39 is 45.6 Å². The van der Waals surface area contributed by atoms with Crippen LogP contribution in [0.4, 0.5) is 11.4 Å². The lowest BCUT2D eigenvalue weighted by atomic mass is 9.82. The number of para-hydroxylation sites is 1. The predicted molar refractivity (Wildman–Crippen MR) is 168 cm³/mol. The number of aromatic nitrogens is 1. The molecule has 6 rings (SSSR count). The fourth-order valence-corrected chi connectivity index (χ4v) is 8.38. The quantitative estimate of drug-likeness (QED) is 0.163. The second-order valence-corrected chi connectivity index (χ2v) is 12.4. The van der Waals surface area contributed by atoms with Crippen LogP contribution < -0.4 is 19.8 Å². The number of anilines is 2. The number of ether oxygens (including phenoxy) is 2. The summed E-state index contributed by atoms with van der Waals surface area (Å²) in [6, 6.07) is 19.1. The molecule has 3 amide bonds. The van der Waals surface area contributed by atoms with E-state index in [1.807, 2.05) is 0 Å². The van der Waals surface area contributed by atoms with Crippen LogP contribution in [0.25, 0.3) is 0 Å². The molecule has 1 aromatic heterocycles. The van der Waals surface area contributed by atoms with Crippen molar-refractivity contribution in [2.24, 2.45) is 5.92 Å². The second-order valence-electron chi connectivity index (χ2n) is 10.3. The Morgan fingerprint density at radius 2 is 1.67 bits per heavy atom. The van der Waals surface area contributed by atoms with E-state index in [2.05, 4.69) is 5.32 Å². The van der Waals surface area contributed by atoms with Gasteiger partial charge >= 0.3 is 10.8 Å². The number of carbonyl (C=O) groups excluding carboxylic acids is 4. The van der Waals surface area contributed by atoms with Gasteiger partial charge in [-0.3, -0.25) is 23.7 Å². The zero-order valence-corrected chi connectivity index (χ0v) is 25.7. The minimum Gasteiger partial charge on any atom is -0.508 e. The van der Waals surface area contributed by atoms with Crippen molar-refractivity contribution in [3.8, 4) is 11.5 Å². The monoisotopic (exact) mass is 645 g/mol. The largest absolute Gasteiger partial charge is 0.508 e. The van der Waals surface area contributed by atoms with Gasteiger partial charge < -0.3 is 19.9 Å². The van der Waals surface area contributed by atoms with E-state index >= 15 is 0 Å². The molecule has 2 aliphatic heterocycles. The van der Waals surface area contributed by atoms with Crippen molar-refractivity contribution in [2.75, 3.05) is 23.9 Å². The summed E-state index contributed by atoms with van der Waals surface area (Å²) in [5.41, 5.74) is 1.67. The van der Waals surface area contributed by atoms with Crippen molar-refractivity contribution in [1.82, 2.24) is 4.57 Å². The van der Waals surface area contributed by atoms with Crippen LogP contribution in [0.3, 0.4) is 0 Å². The number of esters is 1. The number of thioether (sulfide) groups is 1. The van der Waals surface area contributed by atoms with Crippen molar-refractivity contribution < 1.29 is 33.8 Å². The van der Waals surface area contributed by atoms with Crippen LogP contribution in [0.1, 0.15) is 33.6 Å². The highest BCUT2D eigenvalue weighted by molar-refractivity contribution is 8.00. The number of benzene rings is 3. The first-order valence-corrected chi connectivity index (χ1v) is 15.7. The first-order valence-electron chi connectivity index (χ1n) is 14.0. The van der Waals surface area contributed by atoms with Gasteiger partial charge in [0.25, 0.3) is 0 Å². The number of nitrogens with one attached hydrogen (secondary N) is 1. The van der Waals surface area contributed by atoms with Gasteiger partial charge in [-0.05, 0) is 61.5 Å². The summed E-state index contributed by atoms with van der Waals surface area (Å²) in [5, 5.41) is 11.8. The van der Waals surface area contributed by atoms with Gasteiger partial charge in [-0.1, -0.05) is 41.3 Å². The molecule has 2 aliphatic rings. The summed E-state index contributed by atoms with van der Waals surface area (Å²) < 4.78 is 12.0. The first-order chi connectivity index (χ1) is 21.7. The summed E-state index contributed by atoms with van der Waals surface area (Å²) in [5.74, 6) is -2.94. The minimum absolute atomic E-state index is 0.0456. The Bertz CT molecular complexity index is 1870. The predicted octanol–water partition coefficient (Wildman–Crippen LogP) is 4.24. The molecule has 1 fully saturated rings. The summed E-state index contributed by atoms with van der Waals surface area (Å²) in [6.45, 7) is 1.59. The zero-order chi connectivity index (χ0) is 31.8. The third-order valence-corrected chi connectivity index (χ3v) is 10.2. The lowest BCUT2D eigenvalue weighted by molar-refractivity contribution is -0.122. The van der Waals surface area contributed by atoms with Gasteiger partial charge in [0.2, 0.25) is 17.7 Å². The summed E-state index contributed by atoms with van der Waals surface area (Å²) in [6.07, 6.45) is 0. The SMILES string of the molecule is CCOC(=O)c1ccc(N2C(=O)[C@H]3[C@H](c4ccccc4OC)c4sc(=O)n(CC(=O)Nc5ccc(O)cc5)c4S[C@H]3C2=O)cc1. The molecule has 230 valence electrons. The number of carbonyl (C=O) groups is 4.